The van der Waals surface area contributed by atoms with E-state index in [2.05, 4.69) is 33.7 Å². The van der Waals surface area contributed by atoms with Gasteiger partial charge in [0.1, 0.15) is 0 Å². The second-order valence-electron chi connectivity index (χ2n) is 11.8. The number of carbonyl (C=O) groups excluding carboxylic acids is 3. The predicted molar refractivity (Wildman–Crippen MR) is 167 cm³/mol. The molecule has 1 aliphatic heterocycles. The Bertz CT molecular complexity index is 1670. The molecule has 4 aromatic rings. The number of morpholine rings is 1. The zero-order valence-electron chi connectivity index (χ0n) is 23.9. The maximum atomic E-state index is 13.9. The largest absolute Gasteiger partial charge is 0.378 e. The quantitative estimate of drug-likeness (QED) is 0.243. The molecule has 2 fully saturated rings. The number of ketones is 1. The van der Waals surface area contributed by atoms with Gasteiger partial charge in [-0.05, 0) is 67.0 Å². The van der Waals surface area contributed by atoms with Gasteiger partial charge in [-0.3, -0.25) is 19.7 Å². The minimum Gasteiger partial charge on any atom is -0.378 e. The van der Waals surface area contributed by atoms with E-state index in [1.807, 2.05) is 54.3 Å². The van der Waals surface area contributed by atoms with E-state index in [1.54, 1.807) is 11.3 Å². The molecule has 0 spiro atoms. The molecule has 0 unspecified atom stereocenters. The maximum Gasteiger partial charge on any atom is 0.254 e. The lowest BCUT2D eigenvalue weighted by Crippen LogP contribution is -2.40. The van der Waals surface area contributed by atoms with Gasteiger partial charge in [-0.2, -0.15) is 0 Å². The molecule has 10 heteroatoms. The zero-order chi connectivity index (χ0) is 29.6. The first-order chi connectivity index (χ1) is 20.9. The highest BCUT2D eigenvalue weighted by Crippen LogP contribution is 2.55. The van der Waals surface area contributed by atoms with Crippen LogP contribution in [0.15, 0.2) is 60.7 Å². The van der Waals surface area contributed by atoms with Gasteiger partial charge in [0.05, 0.1) is 18.6 Å². The second-order valence-corrected chi connectivity index (χ2v) is 14.0. The molecule has 2 aromatic heterocycles. The molecule has 1 saturated carbocycles. The molecular formula is C33H32N4O4S2. The summed E-state index contributed by atoms with van der Waals surface area (Å²) in [4.78, 5) is 43.5. The summed E-state index contributed by atoms with van der Waals surface area (Å²) < 4.78 is 5.38. The van der Waals surface area contributed by atoms with Crippen LogP contribution in [0, 0.1) is 11.3 Å². The summed E-state index contributed by atoms with van der Waals surface area (Å²) in [6.45, 7) is 4.39. The molecule has 7 rings (SSSR count). The third kappa shape index (κ3) is 5.55. The van der Waals surface area contributed by atoms with E-state index < -0.39 is 5.41 Å². The Morgan fingerprint density at radius 3 is 2.47 bits per heavy atom. The van der Waals surface area contributed by atoms with Crippen molar-refractivity contribution in [2.24, 2.45) is 11.3 Å². The van der Waals surface area contributed by atoms with Crippen LogP contribution < -0.4 is 5.32 Å². The highest BCUT2D eigenvalue weighted by atomic mass is 32.1. The first-order valence-electron chi connectivity index (χ1n) is 14.7. The van der Waals surface area contributed by atoms with Gasteiger partial charge in [-0.15, -0.1) is 21.5 Å². The number of benzene rings is 2. The molecule has 1 saturated heterocycles. The number of nitrogens with zero attached hydrogens (tertiary/aromatic N) is 3. The van der Waals surface area contributed by atoms with Crippen molar-refractivity contribution >= 4 is 45.4 Å². The predicted octanol–water partition coefficient (Wildman–Crippen LogP) is 6.05. The SMILES string of the molecule is C[C@]1(C(=O)Nc2nnc(C(=O)CC3CC3)s2)Cc2sc(-c3ccc(C(=O)N4CCOCC4)cc3)cc2[C@H]1c1ccccc1. The molecule has 2 atom stereocenters. The van der Waals surface area contributed by atoms with Gasteiger partial charge >= 0.3 is 0 Å². The molecule has 2 aliphatic carbocycles. The number of anilines is 1. The van der Waals surface area contributed by atoms with Crippen LogP contribution in [0.1, 0.15) is 68.3 Å². The number of thiophene rings is 1. The van der Waals surface area contributed by atoms with E-state index in [-0.39, 0.29) is 23.5 Å². The summed E-state index contributed by atoms with van der Waals surface area (Å²) in [5, 5.41) is 11.9. The Morgan fingerprint density at radius 1 is 1.00 bits per heavy atom. The third-order valence-corrected chi connectivity index (χ3v) is 10.8. The summed E-state index contributed by atoms with van der Waals surface area (Å²) in [7, 11) is 0. The first kappa shape index (κ1) is 28.1. The topological polar surface area (TPSA) is 101 Å². The molecule has 0 bridgehead atoms. The van der Waals surface area contributed by atoms with Crippen molar-refractivity contribution in [1.82, 2.24) is 15.1 Å². The van der Waals surface area contributed by atoms with Gasteiger partial charge in [-0.25, -0.2) is 0 Å². The number of Topliss-reactive ketones (excluding diaryl/α,β-unsaturated/α-hetero) is 1. The second kappa shape index (κ2) is 11.4. The third-order valence-electron chi connectivity index (χ3n) is 8.74. The molecule has 2 aromatic carbocycles. The summed E-state index contributed by atoms with van der Waals surface area (Å²) in [5.74, 6) is 0.222. The van der Waals surface area contributed by atoms with Crippen molar-refractivity contribution in [1.29, 1.82) is 0 Å². The molecule has 43 heavy (non-hydrogen) atoms. The van der Waals surface area contributed by atoms with Crippen molar-refractivity contribution in [3.8, 4) is 10.4 Å². The Balaban J connectivity index is 1.13. The lowest BCUT2D eigenvalue weighted by molar-refractivity contribution is -0.125. The highest BCUT2D eigenvalue weighted by molar-refractivity contribution is 7.17. The fraction of sp³-hybridized carbons (Fsp3) is 0.364. The van der Waals surface area contributed by atoms with Gasteiger partial charge in [0, 0.05) is 40.7 Å². The van der Waals surface area contributed by atoms with Crippen LogP contribution in [0.25, 0.3) is 10.4 Å². The molecule has 3 aliphatic rings. The van der Waals surface area contributed by atoms with Gasteiger partial charge in [0.15, 0.2) is 10.8 Å². The Morgan fingerprint density at radius 2 is 1.74 bits per heavy atom. The van der Waals surface area contributed by atoms with Crippen LogP contribution in [0.4, 0.5) is 5.13 Å². The van der Waals surface area contributed by atoms with Crippen LogP contribution in [-0.2, 0) is 16.0 Å². The number of hydrogen-bond donors (Lipinski definition) is 1. The van der Waals surface area contributed by atoms with Crippen molar-refractivity contribution in [2.45, 2.75) is 38.5 Å². The van der Waals surface area contributed by atoms with E-state index in [4.69, 9.17) is 4.74 Å². The average Bonchev–Trinajstić information content (AvgIpc) is 3.43. The number of hydrogen-bond acceptors (Lipinski definition) is 8. The summed E-state index contributed by atoms with van der Waals surface area (Å²) in [5.41, 5.74) is 3.20. The summed E-state index contributed by atoms with van der Waals surface area (Å²) in [6, 6.07) is 20.2. The number of amides is 2. The van der Waals surface area contributed by atoms with E-state index >= 15 is 0 Å². The molecule has 1 N–H and O–H groups in total. The minimum absolute atomic E-state index is 0.00272. The maximum absolute atomic E-state index is 13.9. The van der Waals surface area contributed by atoms with Crippen LogP contribution in [0.3, 0.4) is 0 Å². The normalized spacial score (nSPS) is 21.4. The van der Waals surface area contributed by atoms with Crippen molar-refractivity contribution in [2.75, 3.05) is 31.6 Å². The van der Waals surface area contributed by atoms with Crippen LogP contribution in [-0.4, -0.2) is 59.0 Å². The lowest BCUT2D eigenvalue weighted by atomic mass is 9.73. The van der Waals surface area contributed by atoms with Crippen molar-refractivity contribution < 1.29 is 19.1 Å². The number of aromatic nitrogens is 2. The lowest BCUT2D eigenvalue weighted by Gasteiger charge is -2.31. The number of nitrogens with one attached hydrogen (secondary N) is 1. The minimum atomic E-state index is -0.751. The fourth-order valence-corrected chi connectivity index (χ4v) is 8.23. The van der Waals surface area contributed by atoms with E-state index in [1.165, 1.54) is 4.88 Å². The molecule has 2 amide bonds. The molecule has 220 valence electrons. The number of fused-ring (bicyclic) bond motifs is 1. The molecular weight excluding hydrogens is 581 g/mol. The van der Waals surface area contributed by atoms with Crippen molar-refractivity contribution in [3.63, 3.8) is 0 Å². The standard InChI is InChI=1S/C33H32N4O4S2/c1-33(31(40)34-32-36-35-29(43-32)25(38)17-20-7-8-20)19-27-24(28(33)22-5-3-2-4-6-22)18-26(42-27)21-9-11-23(12-10-21)30(39)37-13-15-41-16-14-37/h2-6,9-12,18,20,28H,7-8,13-17,19H2,1H3,(H,34,36,40)/t28-,33+/m1/s1. The average molecular weight is 613 g/mol. The Hall–Kier alpha value is -3.73. The summed E-state index contributed by atoms with van der Waals surface area (Å²) >= 11 is 2.86. The van der Waals surface area contributed by atoms with Crippen LogP contribution in [0.5, 0.6) is 0 Å². The van der Waals surface area contributed by atoms with Crippen molar-refractivity contribution in [3.05, 3.63) is 87.2 Å². The zero-order valence-corrected chi connectivity index (χ0v) is 25.5. The number of ether oxygens (including phenoxy) is 1. The van der Waals surface area contributed by atoms with Crippen LogP contribution >= 0.6 is 22.7 Å². The molecule has 8 nitrogen and oxygen atoms in total. The van der Waals surface area contributed by atoms with E-state index in [0.29, 0.717) is 60.8 Å². The molecule has 3 heterocycles. The monoisotopic (exact) mass is 612 g/mol. The van der Waals surface area contributed by atoms with E-state index in [0.717, 1.165) is 45.7 Å². The Labute approximate surface area is 258 Å². The van der Waals surface area contributed by atoms with Gasteiger partial charge in [0.25, 0.3) is 5.91 Å². The fourth-order valence-electron chi connectivity index (χ4n) is 6.17. The number of rotatable bonds is 8. The van der Waals surface area contributed by atoms with Gasteiger partial charge in [-0.1, -0.05) is 53.8 Å². The van der Waals surface area contributed by atoms with Gasteiger partial charge in [0.2, 0.25) is 11.0 Å². The van der Waals surface area contributed by atoms with E-state index in [9.17, 15) is 14.4 Å². The first-order valence-corrected chi connectivity index (χ1v) is 16.4. The molecule has 0 radical (unpaired) electrons. The Kier molecular flexibility index (Phi) is 7.44. The smallest absolute Gasteiger partial charge is 0.254 e. The number of carbonyl (C=O) groups is 3. The highest BCUT2D eigenvalue weighted by Gasteiger charge is 2.50. The summed E-state index contributed by atoms with van der Waals surface area (Å²) in [6.07, 6.45) is 3.28. The van der Waals surface area contributed by atoms with Gasteiger partial charge < -0.3 is 9.64 Å². The van der Waals surface area contributed by atoms with Crippen LogP contribution in [0.2, 0.25) is 0 Å².